The standard InChI is InChI=1S/C14H26N2O2/c1-3-11-5-4-7-15-12(11)9-16-14(17)13-10(2)6-8-18-13/h10-13,15H,3-9H2,1-2H3,(H,16,17). The number of piperidine rings is 1. The molecule has 0 bridgehead atoms. The van der Waals surface area contributed by atoms with Crippen LogP contribution in [0.4, 0.5) is 0 Å². The summed E-state index contributed by atoms with van der Waals surface area (Å²) in [6, 6.07) is 0.435. The van der Waals surface area contributed by atoms with E-state index in [4.69, 9.17) is 4.74 Å². The van der Waals surface area contributed by atoms with Gasteiger partial charge in [0, 0.05) is 19.2 Å². The highest BCUT2D eigenvalue weighted by Crippen LogP contribution is 2.21. The summed E-state index contributed by atoms with van der Waals surface area (Å²) in [7, 11) is 0. The summed E-state index contributed by atoms with van der Waals surface area (Å²) < 4.78 is 5.49. The van der Waals surface area contributed by atoms with E-state index in [1.807, 2.05) is 0 Å². The smallest absolute Gasteiger partial charge is 0.249 e. The van der Waals surface area contributed by atoms with Gasteiger partial charge in [0.25, 0.3) is 0 Å². The highest BCUT2D eigenvalue weighted by atomic mass is 16.5. The van der Waals surface area contributed by atoms with Crippen LogP contribution in [0.1, 0.15) is 39.5 Å². The van der Waals surface area contributed by atoms with Gasteiger partial charge in [-0.25, -0.2) is 0 Å². The molecule has 0 aliphatic carbocycles. The third kappa shape index (κ3) is 3.23. The van der Waals surface area contributed by atoms with E-state index in [1.54, 1.807) is 0 Å². The minimum Gasteiger partial charge on any atom is -0.368 e. The van der Waals surface area contributed by atoms with Crippen LogP contribution < -0.4 is 10.6 Å². The lowest BCUT2D eigenvalue weighted by Crippen LogP contribution is -2.50. The SMILES string of the molecule is CCC1CCCNC1CNC(=O)C1OCCC1C. The lowest BCUT2D eigenvalue weighted by Gasteiger charge is -2.32. The van der Waals surface area contributed by atoms with Crippen LogP contribution in [0.5, 0.6) is 0 Å². The van der Waals surface area contributed by atoms with Gasteiger partial charge in [-0.15, -0.1) is 0 Å². The maximum atomic E-state index is 12.0. The van der Waals surface area contributed by atoms with Gasteiger partial charge in [0.05, 0.1) is 0 Å². The van der Waals surface area contributed by atoms with Gasteiger partial charge in [0.1, 0.15) is 6.10 Å². The maximum absolute atomic E-state index is 12.0. The number of rotatable bonds is 4. The Morgan fingerprint density at radius 1 is 1.44 bits per heavy atom. The molecule has 2 N–H and O–H groups in total. The van der Waals surface area contributed by atoms with E-state index in [1.165, 1.54) is 19.3 Å². The molecule has 2 rings (SSSR count). The Morgan fingerprint density at radius 3 is 2.94 bits per heavy atom. The second-order valence-electron chi connectivity index (χ2n) is 5.67. The van der Waals surface area contributed by atoms with E-state index in [0.29, 0.717) is 17.9 Å². The van der Waals surface area contributed by atoms with Crippen molar-refractivity contribution < 1.29 is 9.53 Å². The minimum absolute atomic E-state index is 0.0715. The normalized spacial score (nSPS) is 36.6. The Labute approximate surface area is 110 Å². The molecule has 2 aliphatic rings. The first kappa shape index (κ1) is 13.8. The van der Waals surface area contributed by atoms with E-state index >= 15 is 0 Å². The van der Waals surface area contributed by atoms with Crippen molar-refractivity contribution in [2.24, 2.45) is 11.8 Å². The van der Waals surface area contributed by atoms with E-state index in [-0.39, 0.29) is 12.0 Å². The molecule has 0 saturated carbocycles. The zero-order valence-electron chi connectivity index (χ0n) is 11.6. The Hall–Kier alpha value is -0.610. The van der Waals surface area contributed by atoms with Crippen molar-refractivity contribution in [3.8, 4) is 0 Å². The molecule has 2 aliphatic heterocycles. The van der Waals surface area contributed by atoms with Gasteiger partial charge < -0.3 is 15.4 Å². The summed E-state index contributed by atoms with van der Waals surface area (Å²) >= 11 is 0. The molecular formula is C14H26N2O2. The van der Waals surface area contributed by atoms with Gasteiger partial charge in [0.15, 0.2) is 0 Å². The molecule has 18 heavy (non-hydrogen) atoms. The number of amides is 1. The molecule has 0 aromatic carbocycles. The summed E-state index contributed by atoms with van der Waals surface area (Å²) in [4.78, 5) is 12.0. The largest absolute Gasteiger partial charge is 0.368 e. The van der Waals surface area contributed by atoms with Gasteiger partial charge >= 0.3 is 0 Å². The first-order chi connectivity index (χ1) is 8.72. The quantitative estimate of drug-likeness (QED) is 0.795. The maximum Gasteiger partial charge on any atom is 0.249 e. The molecule has 0 aromatic rings. The molecule has 2 saturated heterocycles. The van der Waals surface area contributed by atoms with Crippen molar-refractivity contribution in [3.63, 3.8) is 0 Å². The summed E-state index contributed by atoms with van der Waals surface area (Å²) in [6.45, 7) is 6.86. The van der Waals surface area contributed by atoms with Crippen LogP contribution in [0.2, 0.25) is 0 Å². The van der Waals surface area contributed by atoms with Gasteiger partial charge in [-0.3, -0.25) is 4.79 Å². The average Bonchev–Trinajstić information content (AvgIpc) is 2.82. The molecule has 4 unspecified atom stereocenters. The van der Waals surface area contributed by atoms with Crippen LogP contribution in [0.3, 0.4) is 0 Å². The first-order valence-electron chi connectivity index (χ1n) is 7.35. The van der Waals surface area contributed by atoms with E-state index < -0.39 is 0 Å². The zero-order valence-corrected chi connectivity index (χ0v) is 11.6. The average molecular weight is 254 g/mol. The Morgan fingerprint density at radius 2 is 2.28 bits per heavy atom. The zero-order chi connectivity index (χ0) is 13.0. The van der Waals surface area contributed by atoms with E-state index in [9.17, 15) is 4.79 Å². The van der Waals surface area contributed by atoms with Gasteiger partial charge in [0.2, 0.25) is 5.91 Å². The van der Waals surface area contributed by atoms with Gasteiger partial charge in [-0.1, -0.05) is 20.3 Å². The molecule has 2 heterocycles. The highest BCUT2D eigenvalue weighted by molar-refractivity contribution is 5.81. The van der Waals surface area contributed by atoms with E-state index in [2.05, 4.69) is 24.5 Å². The molecule has 4 nitrogen and oxygen atoms in total. The minimum atomic E-state index is -0.228. The third-order valence-electron chi connectivity index (χ3n) is 4.39. The highest BCUT2D eigenvalue weighted by Gasteiger charge is 2.31. The molecule has 104 valence electrons. The summed E-state index contributed by atoms with van der Waals surface area (Å²) in [5, 5.41) is 6.58. The monoisotopic (exact) mass is 254 g/mol. The molecule has 2 fully saturated rings. The molecule has 4 heteroatoms. The lowest BCUT2D eigenvalue weighted by molar-refractivity contribution is -0.131. The Kier molecular flexibility index (Phi) is 5.01. The predicted octanol–water partition coefficient (Wildman–Crippen LogP) is 1.31. The number of carbonyl (C=O) groups is 1. The third-order valence-corrected chi connectivity index (χ3v) is 4.39. The van der Waals surface area contributed by atoms with Crippen molar-refractivity contribution in [3.05, 3.63) is 0 Å². The van der Waals surface area contributed by atoms with Crippen LogP contribution in [0.25, 0.3) is 0 Å². The fraction of sp³-hybridized carbons (Fsp3) is 0.929. The van der Waals surface area contributed by atoms with Crippen LogP contribution in [0.15, 0.2) is 0 Å². The number of nitrogens with one attached hydrogen (secondary N) is 2. The van der Waals surface area contributed by atoms with Crippen molar-refractivity contribution in [1.82, 2.24) is 10.6 Å². The predicted molar refractivity (Wildman–Crippen MR) is 71.3 cm³/mol. The first-order valence-corrected chi connectivity index (χ1v) is 7.35. The van der Waals surface area contributed by atoms with Crippen LogP contribution >= 0.6 is 0 Å². The topological polar surface area (TPSA) is 50.4 Å². The summed E-state index contributed by atoms with van der Waals surface area (Å²) in [5.41, 5.74) is 0. The lowest BCUT2D eigenvalue weighted by atomic mass is 9.88. The van der Waals surface area contributed by atoms with Crippen molar-refractivity contribution in [2.45, 2.75) is 51.7 Å². The summed E-state index contributed by atoms with van der Waals surface area (Å²) in [5.74, 6) is 1.12. The fourth-order valence-corrected chi connectivity index (χ4v) is 3.09. The van der Waals surface area contributed by atoms with Crippen LogP contribution in [-0.4, -0.2) is 37.7 Å². The van der Waals surface area contributed by atoms with Crippen molar-refractivity contribution >= 4 is 5.91 Å². The number of hydrogen-bond acceptors (Lipinski definition) is 3. The molecular weight excluding hydrogens is 228 g/mol. The molecule has 4 atom stereocenters. The molecule has 1 amide bonds. The fourth-order valence-electron chi connectivity index (χ4n) is 3.09. The second kappa shape index (κ2) is 6.53. The van der Waals surface area contributed by atoms with Gasteiger partial charge in [-0.2, -0.15) is 0 Å². The molecule has 0 radical (unpaired) electrons. The van der Waals surface area contributed by atoms with Crippen LogP contribution in [-0.2, 0) is 9.53 Å². The van der Waals surface area contributed by atoms with E-state index in [0.717, 1.165) is 26.1 Å². The Bertz CT molecular complexity index is 283. The number of hydrogen-bond donors (Lipinski definition) is 2. The van der Waals surface area contributed by atoms with Gasteiger partial charge in [-0.05, 0) is 37.6 Å². The number of ether oxygens (including phenoxy) is 1. The Balaban J connectivity index is 1.77. The molecule has 0 spiro atoms. The number of carbonyl (C=O) groups excluding carboxylic acids is 1. The summed E-state index contributed by atoms with van der Waals surface area (Å²) in [6.07, 6.45) is 4.49. The van der Waals surface area contributed by atoms with Crippen molar-refractivity contribution in [1.29, 1.82) is 0 Å². The second-order valence-corrected chi connectivity index (χ2v) is 5.67. The van der Waals surface area contributed by atoms with Crippen molar-refractivity contribution in [2.75, 3.05) is 19.7 Å². The van der Waals surface area contributed by atoms with Crippen LogP contribution in [0, 0.1) is 11.8 Å². The molecule has 0 aromatic heterocycles.